The van der Waals surface area contributed by atoms with Crippen LogP contribution >= 0.6 is 0 Å². The number of carbonyl (C=O) groups is 4. The summed E-state index contributed by atoms with van der Waals surface area (Å²) < 4.78 is 26.6. The topological polar surface area (TPSA) is 117 Å². The van der Waals surface area contributed by atoms with Crippen molar-refractivity contribution in [2.45, 2.75) is 269 Å². The quantitative estimate of drug-likeness (QED) is 0.0177. The first kappa shape index (κ1) is 70.7. The molecular weight excluding hydrogens is 1070 g/mol. The van der Waals surface area contributed by atoms with Crippen molar-refractivity contribution < 1.29 is 38.1 Å². The maximum atomic E-state index is 15.2. The molecule has 0 aliphatic carbocycles. The first-order valence-corrected chi connectivity index (χ1v) is 34.1. The van der Waals surface area contributed by atoms with Crippen LogP contribution in [-0.2, 0) is 34.1 Å². The second-order valence-corrected chi connectivity index (χ2v) is 24.0. The zero-order chi connectivity index (χ0) is 61.0. The Kier molecular flexibility index (Phi) is 36.5. The molecule has 9 nitrogen and oxygen atoms in total. The predicted molar refractivity (Wildman–Crippen MR) is 352 cm³/mol. The number of ether oxygens (including phenoxy) is 4. The summed E-state index contributed by atoms with van der Waals surface area (Å²) in [5.74, 6) is -2.34. The smallest absolute Gasteiger partial charge is 0.338 e. The van der Waals surface area contributed by atoms with Crippen LogP contribution in [0.1, 0.15) is 276 Å². The molecule has 5 aromatic carbocycles. The highest BCUT2D eigenvalue weighted by Gasteiger charge is 2.43. The number of hydrogen-bond acceptors (Lipinski definition) is 8. The van der Waals surface area contributed by atoms with Gasteiger partial charge < -0.3 is 24.3 Å². The van der Waals surface area contributed by atoms with Crippen LogP contribution < -0.4 is 5.32 Å². The van der Waals surface area contributed by atoms with Gasteiger partial charge in [0, 0.05) is 6.92 Å². The van der Waals surface area contributed by atoms with Crippen LogP contribution in [-0.4, -0.2) is 54.8 Å². The predicted octanol–water partition coefficient (Wildman–Crippen LogP) is 20.2. The highest BCUT2D eigenvalue weighted by molar-refractivity contribution is 5.90. The summed E-state index contributed by atoms with van der Waals surface area (Å²) in [6.07, 6.45) is 36.1. The average Bonchev–Trinajstić information content (AvgIpc) is 3.74. The third-order valence-corrected chi connectivity index (χ3v) is 16.9. The van der Waals surface area contributed by atoms with E-state index >= 15 is 4.79 Å². The average molecular weight is 1180 g/mol. The third-order valence-electron chi connectivity index (χ3n) is 16.9. The number of unbranched alkanes of at least 4 members (excludes halogenated alkanes) is 30. The van der Waals surface area contributed by atoms with Crippen molar-refractivity contribution >= 4 is 23.8 Å². The van der Waals surface area contributed by atoms with Crippen molar-refractivity contribution in [2.75, 3.05) is 6.61 Å². The lowest BCUT2D eigenvalue weighted by Crippen LogP contribution is -2.57. The molecule has 0 bridgehead atoms. The molecule has 1 amide bonds. The van der Waals surface area contributed by atoms with Crippen LogP contribution in [0.5, 0.6) is 0 Å². The Morgan fingerprint density at radius 3 is 1.01 bits per heavy atom. The largest absolute Gasteiger partial charge is 0.455 e. The molecule has 0 aliphatic heterocycles. The van der Waals surface area contributed by atoms with Crippen LogP contribution in [0.3, 0.4) is 0 Å². The van der Waals surface area contributed by atoms with E-state index in [4.69, 9.17) is 18.9 Å². The molecule has 4 atom stereocenters. The molecule has 0 aliphatic rings. The summed E-state index contributed by atoms with van der Waals surface area (Å²) in [6, 6.07) is 46.3. The highest BCUT2D eigenvalue weighted by atomic mass is 16.6. The molecule has 0 aromatic heterocycles. The van der Waals surface area contributed by atoms with Gasteiger partial charge in [0.25, 0.3) is 5.91 Å². The fourth-order valence-corrected chi connectivity index (χ4v) is 11.9. The maximum Gasteiger partial charge on any atom is 0.338 e. The molecule has 470 valence electrons. The summed E-state index contributed by atoms with van der Waals surface area (Å²) in [7, 11) is 0. The first-order valence-electron chi connectivity index (χ1n) is 34.1. The number of carbonyl (C=O) groups excluding carboxylic acids is 4. The zero-order valence-electron chi connectivity index (χ0n) is 53.3. The molecule has 86 heavy (non-hydrogen) atoms. The van der Waals surface area contributed by atoms with E-state index in [2.05, 4.69) is 19.2 Å². The minimum absolute atomic E-state index is 0.221. The van der Waals surface area contributed by atoms with Gasteiger partial charge in [0.05, 0.1) is 23.8 Å². The van der Waals surface area contributed by atoms with Crippen molar-refractivity contribution in [3.05, 3.63) is 179 Å². The van der Waals surface area contributed by atoms with Gasteiger partial charge in [-0.15, -0.1) is 0 Å². The molecular formula is C77H109NO8. The molecule has 0 radical (unpaired) electrons. The number of nitrogens with one attached hydrogen (secondary N) is 1. The molecule has 0 saturated carbocycles. The number of hydrogen-bond donors (Lipinski definition) is 1. The SMILES string of the molecule is CCCCCCCCCCCCCCCCCCCCCC[C@@H](OC(C)=O)C(=O)N[C@@H](COC(c1ccccc1)(c1ccccc1)c1ccccc1)[C@H](OC(=O)c1ccccc1)[C@@H](CCCCCCCCCCCCCC)OC(=O)c1ccccc1. The van der Waals surface area contributed by atoms with Gasteiger partial charge in [0.2, 0.25) is 0 Å². The van der Waals surface area contributed by atoms with Crippen molar-refractivity contribution in [1.82, 2.24) is 5.32 Å². The van der Waals surface area contributed by atoms with Crippen molar-refractivity contribution in [3.63, 3.8) is 0 Å². The Labute approximate surface area is 519 Å². The van der Waals surface area contributed by atoms with Gasteiger partial charge in [-0.3, -0.25) is 9.59 Å². The molecule has 0 spiro atoms. The van der Waals surface area contributed by atoms with E-state index in [9.17, 15) is 14.4 Å². The lowest BCUT2D eigenvalue weighted by Gasteiger charge is -2.39. The standard InChI is InChI=1S/C77H109NO8/c1-4-6-8-10-12-14-16-18-19-20-21-22-23-24-25-27-29-31-33-50-62-72(84-64(3)79)74(80)78-70(63-83-77(67-55-43-36-44-56-67,68-57-45-37-46-58-68)69-59-47-38-48-60-69)73(86-76(82)66-53-41-35-42-54-66)71(85-75(81)65-51-39-34-40-52-65)61-49-32-30-28-26-17-15-13-11-9-7-5-2/h34-48,51-60,70-73H,4-33,49-50,61-63H2,1-3H3,(H,78,80)/t70-,71+,72+,73-/m0/s1. The third kappa shape index (κ3) is 27.3. The van der Waals surface area contributed by atoms with Crippen molar-refractivity contribution in [1.29, 1.82) is 0 Å². The molecule has 5 rings (SSSR count). The summed E-state index contributed by atoms with van der Waals surface area (Å²) >= 11 is 0. The molecule has 1 N–H and O–H groups in total. The Balaban J connectivity index is 1.37. The molecule has 0 saturated heterocycles. The van der Waals surface area contributed by atoms with Crippen LogP contribution in [0.25, 0.3) is 0 Å². The Morgan fingerprint density at radius 2 is 0.674 bits per heavy atom. The Hall–Kier alpha value is -6.06. The summed E-state index contributed by atoms with van der Waals surface area (Å²) in [5, 5.41) is 3.25. The van der Waals surface area contributed by atoms with Gasteiger partial charge >= 0.3 is 17.9 Å². The molecule has 5 aromatic rings. The van der Waals surface area contributed by atoms with Crippen molar-refractivity contribution in [3.8, 4) is 0 Å². The van der Waals surface area contributed by atoms with Crippen LogP contribution in [0.2, 0.25) is 0 Å². The summed E-state index contributed by atoms with van der Waals surface area (Å²) in [6.45, 7) is 5.63. The van der Waals surface area contributed by atoms with Gasteiger partial charge in [-0.05, 0) is 66.6 Å². The van der Waals surface area contributed by atoms with Crippen LogP contribution in [0.4, 0.5) is 0 Å². The second kappa shape index (κ2) is 44.4. The zero-order valence-corrected chi connectivity index (χ0v) is 53.3. The summed E-state index contributed by atoms with van der Waals surface area (Å²) in [5.41, 5.74) is 1.90. The lowest BCUT2D eigenvalue weighted by molar-refractivity contribution is -0.155. The molecule has 0 fully saturated rings. The summed E-state index contributed by atoms with van der Waals surface area (Å²) in [4.78, 5) is 57.1. The maximum absolute atomic E-state index is 15.2. The number of amides is 1. The van der Waals surface area contributed by atoms with Crippen LogP contribution in [0.15, 0.2) is 152 Å². The van der Waals surface area contributed by atoms with Crippen molar-refractivity contribution in [2.24, 2.45) is 0 Å². The fourth-order valence-electron chi connectivity index (χ4n) is 11.9. The van der Waals surface area contributed by atoms with Gasteiger partial charge in [0.1, 0.15) is 11.7 Å². The van der Waals surface area contributed by atoms with Gasteiger partial charge in [0.15, 0.2) is 12.2 Å². The van der Waals surface area contributed by atoms with E-state index in [1.165, 1.54) is 155 Å². The van der Waals surface area contributed by atoms with E-state index in [0.29, 0.717) is 36.8 Å². The van der Waals surface area contributed by atoms with Gasteiger partial charge in [-0.1, -0.05) is 334 Å². The lowest BCUT2D eigenvalue weighted by atomic mass is 9.80. The van der Waals surface area contributed by atoms with E-state index < -0.39 is 53.8 Å². The Bertz CT molecular complexity index is 2410. The molecule has 0 heterocycles. The minimum Gasteiger partial charge on any atom is -0.455 e. The molecule has 9 heteroatoms. The van der Waals surface area contributed by atoms with Crippen LogP contribution in [0, 0.1) is 0 Å². The van der Waals surface area contributed by atoms with E-state index in [-0.39, 0.29) is 6.61 Å². The highest BCUT2D eigenvalue weighted by Crippen LogP contribution is 2.41. The molecule has 0 unspecified atom stereocenters. The first-order chi connectivity index (χ1) is 42.3. The minimum atomic E-state index is -1.27. The number of rotatable bonds is 49. The van der Waals surface area contributed by atoms with Gasteiger partial charge in [-0.25, -0.2) is 9.59 Å². The monoisotopic (exact) mass is 1180 g/mol. The van der Waals surface area contributed by atoms with E-state index in [1.54, 1.807) is 48.5 Å². The van der Waals surface area contributed by atoms with E-state index in [0.717, 1.165) is 61.6 Å². The number of benzene rings is 5. The normalized spacial score (nSPS) is 12.9. The Morgan fingerprint density at radius 1 is 0.372 bits per heavy atom. The van der Waals surface area contributed by atoms with E-state index in [1.807, 2.05) is 103 Å². The van der Waals surface area contributed by atoms with Gasteiger partial charge in [-0.2, -0.15) is 0 Å². The fraction of sp³-hybridized carbons (Fsp3) is 0.558. The number of esters is 3. The second-order valence-electron chi connectivity index (χ2n) is 24.0.